The number of amides is 1. The van der Waals surface area contributed by atoms with Crippen molar-refractivity contribution in [1.29, 1.82) is 5.26 Å². The first-order valence-electron chi connectivity index (χ1n) is 8.91. The highest BCUT2D eigenvalue weighted by molar-refractivity contribution is 7.13. The van der Waals surface area contributed by atoms with E-state index in [9.17, 15) is 18.0 Å². The van der Waals surface area contributed by atoms with E-state index < -0.39 is 17.6 Å². The maximum absolute atomic E-state index is 12.9. The first kappa shape index (κ1) is 21.3. The Morgan fingerprint density at radius 1 is 1.20 bits per heavy atom. The summed E-state index contributed by atoms with van der Waals surface area (Å²) in [4.78, 5) is 16.6. The minimum Gasteiger partial charge on any atom is -0.493 e. The molecule has 1 amide bonds. The summed E-state index contributed by atoms with van der Waals surface area (Å²) >= 11 is 1.09. The standard InChI is InChI=1S/C21H16F3N3O2S/c22-21(23,24)15-6-3-5-14(11-15)20-27-18(13-30-20)19(28)26-16-7-4-8-17(12-16)29-10-2-1-9-25/h3-8,11-13H,1-2,10H2,(H,26,28). The maximum atomic E-state index is 12.9. The fraction of sp³-hybridized carbons (Fsp3) is 0.190. The van der Waals surface area contributed by atoms with Crippen molar-refractivity contribution >= 4 is 22.9 Å². The Kier molecular flexibility index (Phi) is 6.69. The molecule has 3 rings (SSSR count). The number of thiazole rings is 1. The van der Waals surface area contributed by atoms with Crippen LogP contribution in [0.25, 0.3) is 10.6 Å². The van der Waals surface area contributed by atoms with Crippen LogP contribution in [-0.4, -0.2) is 17.5 Å². The summed E-state index contributed by atoms with van der Waals surface area (Å²) in [5, 5.41) is 13.0. The maximum Gasteiger partial charge on any atom is 0.416 e. The Morgan fingerprint density at radius 2 is 2.00 bits per heavy atom. The van der Waals surface area contributed by atoms with Crippen molar-refractivity contribution in [2.24, 2.45) is 0 Å². The van der Waals surface area contributed by atoms with Gasteiger partial charge in [0.05, 0.1) is 18.2 Å². The molecule has 1 aromatic heterocycles. The molecule has 0 bridgehead atoms. The summed E-state index contributed by atoms with van der Waals surface area (Å²) < 4.78 is 44.2. The number of nitriles is 1. The Morgan fingerprint density at radius 3 is 2.77 bits per heavy atom. The lowest BCUT2D eigenvalue weighted by molar-refractivity contribution is -0.137. The molecule has 0 atom stereocenters. The van der Waals surface area contributed by atoms with Crippen molar-refractivity contribution in [2.45, 2.75) is 19.0 Å². The van der Waals surface area contributed by atoms with Crippen LogP contribution in [0.15, 0.2) is 53.9 Å². The lowest BCUT2D eigenvalue weighted by Crippen LogP contribution is -2.12. The summed E-state index contributed by atoms with van der Waals surface area (Å²) in [7, 11) is 0. The van der Waals surface area contributed by atoms with Gasteiger partial charge in [0, 0.05) is 29.1 Å². The molecule has 2 aromatic carbocycles. The van der Waals surface area contributed by atoms with Crippen molar-refractivity contribution in [3.8, 4) is 22.4 Å². The zero-order valence-electron chi connectivity index (χ0n) is 15.6. The molecule has 0 spiro atoms. The van der Waals surface area contributed by atoms with Gasteiger partial charge in [0.2, 0.25) is 0 Å². The number of halogens is 3. The quantitative estimate of drug-likeness (QED) is 0.483. The number of aromatic nitrogens is 1. The number of ether oxygens (including phenoxy) is 1. The second-order valence-electron chi connectivity index (χ2n) is 6.21. The Hall–Kier alpha value is -3.38. The SMILES string of the molecule is N#CCCCOc1cccc(NC(=O)c2csc(-c3cccc(C(F)(F)F)c3)n2)c1. The van der Waals surface area contributed by atoms with Gasteiger partial charge in [-0.2, -0.15) is 18.4 Å². The van der Waals surface area contributed by atoms with Gasteiger partial charge < -0.3 is 10.1 Å². The van der Waals surface area contributed by atoms with Crippen LogP contribution in [0.4, 0.5) is 18.9 Å². The lowest BCUT2D eigenvalue weighted by atomic mass is 10.1. The number of rotatable bonds is 7. The van der Waals surface area contributed by atoms with Gasteiger partial charge in [-0.3, -0.25) is 4.79 Å². The smallest absolute Gasteiger partial charge is 0.416 e. The van der Waals surface area contributed by atoms with Crippen molar-refractivity contribution in [1.82, 2.24) is 4.98 Å². The first-order valence-corrected chi connectivity index (χ1v) is 9.79. The number of unbranched alkanes of at least 4 members (excludes halogenated alkanes) is 1. The molecule has 1 N–H and O–H groups in total. The largest absolute Gasteiger partial charge is 0.493 e. The van der Waals surface area contributed by atoms with Gasteiger partial charge in [-0.1, -0.05) is 18.2 Å². The highest BCUT2D eigenvalue weighted by Crippen LogP contribution is 2.33. The molecule has 0 unspecified atom stereocenters. The van der Waals surface area contributed by atoms with E-state index in [4.69, 9.17) is 10.00 Å². The zero-order chi connectivity index (χ0) is 21.6. The molecular weight excluding hydrogens is 415 g/mol. The Bertz CT molecular complexity index is 1070. The van der Waals surface area contributed by atoms with Crippen LogP contribution >= 0.6 is 11.3 Å². The molecule has 0 aliphatic carbocycles. The third kappa shape index (κ3) is 5.58. The molecule has 0 radical (unpaired) electrons. The van der Waals surface area contributed by atoms with E-state index in [1.165, 1.54) is 17.5 Å². The minimum absolute atomic E-state index is 0.104. The third-order valence-corrected chi connectivity index (χ3v) is 4.86. The molecule has 3 aromatic rings. The Balaban J connectivity index is 1.68. The van der Waals surface area contributed by atoms with Gasteiger partial charge in [0.15, 0.2) is 0 Å². The fourth-order valence-corrected chi connectivity index (χ4v) is 3.34. The normalized spacial score (nSPS) is 11.0. The number of alkyl halides is 3. The summed E-state index contributed by atoms with van der Waals surface area (Å²) in [5.74, 6) is 0.0692. The average molecular weight is 431 g/mol. The highest BCUT2D eigenvalue weighted by atomic mass is 32.1. The van der Waals surface area contributed by atoms with Crippen LogP contribution < -0.4 is 10.1 Å². The van der Waals surface area contributed by atoms with E-state index >= 15 is 0 Å². The number of nitrogens with zero attached hydrogens (tertiary/aromatic N) is 2. The minimum atomic E-state index is -4.45. The number of anilines is 1. The molecule has 9 heteroatoms. The van der Waals surface area contributed by atoms with E-state index in [1.807, 2.05) is 6.07 Å². The highest BCUT2D eigenvalue weighted by Gasteiger charge is 2.30. The molecule has 5 nitrogen and oxygen atoms in total. The number of benzene rings is 2. The van der Waals surface area contributed by atoms with Crippen molar-refractivity contribution in [3.63, 3.8) is 0 Å². The van der Waals surface area contributed by atoms with E-state index in [2.05, 4.69) is 10.3 Å². The average Bonchev–Trinajstić information content (AvgIpc) is 3.22. The number of carbonyl (C=O) groups is 1. The molecule has 0 saturated carbocycles. The molecular formula is C21H16F3N3O2S. The predicted molar refractivity (Wildman–Crippen MR) is 107 cm³/mol. The van der Waals surface area contributed by atoms with Crippen molar-refractivity contribution in [3.05, 3.63) is 65.2 Å². The van der Waals surface area contributed by atoms with E-state index in [1.54, 1.807) is 24.3 Å². The molecule has 1 heterocycles. The molecule has 0 fully saturated rings. The van der Waals surface area contributed by atoms with Crippen LogP contribution in [0.5, 0.6) is 5.75 Å². The molecule has 30 heavy (non-hydrogen) atoms. The molecule has 0 saturated heterocycles. The molecule has 0 aliphatic rings. The van der Waals surface area contributed by atoms with Gasteiger partial charge in [-0.05, 0) is 30.7 Å². The van der Waals surface area contributed by atoms with Crippen LogP contribution in [0.3, 0.4) is 0 Å². The monoisotopic (exact) mass is 431 g/mol. The second kappa shape index (κ2) is 9.41. The van der Waals surface area contributed by atoms with Gasteiger partial charge >= 0.3 is 6.18 Å². The van der Waals surface area contributed by atoms with Crippen LogP contribution in [0.2, 0.25) is 0 Å². The lowest BCUT2D eigenvalue weighted by Gasteiger charge is -2.08. The van der Waals surface area contributed by atoms with Crippen LogP contribution in [0.1, 0.15) is 28.9 Å². The van der Waals surface area contributed by atoms with E-state index in [-0.39, 0.29) is 5.69 Å². The topological polar surface area (TPSA) is 75.0 Å². The van der Waals surface area contributed by atoms with E-state index in [0.29, 0.717) is 41.5 Å². The van der Waals surface area contributed by atoms with E-state index in [0.717, 1.165) is 23.5 Å². The second-order valence-corrected chi connectivity index (χ2v) is 7.07. The van der Waals surface area contributed by atoms with Crippen molar-refractivity contribution < 1.29 is 22.7 Å². The number of hydrogen-bond acceptors (Lipinski definition) is 5. The summed E-state index contributed by atoms with van der Waals surface area (Å²) in [6.45, 7) is 0.386. The summed E-state index contributed by atoms with van der Waals surface area (Å²) in [5.41, 5.74) is 0.119. The third-order valence-electron chi connectivity index (χ3n) is 3.97. The van der Waals surface area contributed by atoms with Gasteiger partial charge in [0.1, 0.15) is 16.5 Å². The summed E-state index contributed by atoms with van der Waals surface area (Å²) in [6, 6.07) is 13.6. The first-order chi connectivity index (χ1) is 14.4. The van der Waals surface area contributed by atoms with Gasteiger partial charge in [-0.25, -0.2) is 4.98 Å². The summed E-state index contributed by atoms with van der Waals surface area (Å²) in [6.07, 6.45) is -3.45. The Labute approximate surface area is 174 Å². The predicted octanol–water partition coefficient (Wildman–Crippen LogP) is 5.76. The van der Waals surface area contributed by atoms with Crippen molar-refractivity contribution in [2.75, 3.05) is 11.9 Å². The van der Waals surface area contributed by atoms with Crippen LogP contribution in [0, 0.1) is 11.3 Å². The number of nitrogens with one attached hydrogen (secondary N) is 1. The van der Waals surface area contributed by atoms with Gasteiger partial charge in [-0.15, -0.1) is 11.3 Å². The number of hydrogen-bond donors (Lipinski definition) is 1. The molecule has 154 valence electrons. The number of carbonyl (C=O) groups excluding carboxylic acids is 1. The van der Waals surface area contributed by atoms with Crippen LogP contribution in [-0.2, 0) is 6.18 Å². The molecule has 0 aliphatic heterocycles. The zero-order valence-corrected chi connectivity index (χ0v) is 16.4. The van der Waals surface area contributed by atoms with Gasteiger partial charge in [0.25, 0.3) is 5.91 Å². The fourth-order valence-electron chi connectivity index (χ4n) is 2.54.